The van der Waals surface area contributed by atoms with Gasteiger partial charge in [0.15, 0.2) is 23.2 Å². The second-order valence-corrected chi connectivity index (χ2v) is 4.73. The maximum atomic E-state index is 14.1. The Balaban J connectivity index is 2.49. The SMILES string of the molecule is C=CC(=O)Oc1c(F)cc(-c2ccc(OC(C)=O)c(F)c2F)cc1F. The van der Waals surface area contributed by atoms with Gasteiger partial charge in [-0.2, -0.15) is 4.39 Å². The van der Waals surface area contributed by atoms with Crippen molar-refractivity contribution < 1.29 is 36.6 Å². The Labute approximate surface area is 139 Å². The number of esters is 2. The molecular formula is C17H10F4O4. The highest BCUT2D eigenvalue weighted by molar-refractivity contribution is 5.83. The third-order valence-corrected chi connectivity index (χ3v) is 2.98. The Bertz CT molecular complexity index is 854. The number of rotatable bonds is 4. The molecule has 0 heterocycles. The summed E-state index contributed by atoms with van der Waals surface area (Å²) in [6.45, 7) is 4.08. The Morgan fingerprint density at radius 1 is 1.00 bits per heavy atom. The van der Waals surface area contributed by atoms with Crippen LogP contribution in [0.25, 0.3) is 11.1 Å². The summed E-state index contributed by atoms with van der Waals surface area (Å²) in [5.41, 5.74) is -0.827. The van der Waals surface area contributed by atoms with Gasteiger partial charge in [-0.25, -0.2) is 18.0 Å². The molecule has 0 bridgehead atoms. The first-order valence-corrected chi connectivity index (χ1v) is 6.74. The molecule has 8 heteroatoms. The number of benzene rings is 2. The van der Waals surface area contributed by atoms with Gasteiger partial charge in [0.1, 0.15) is 0 Å². The Kier molecular flexibility index (Phi) is 5.21. The zero-order valence-electron chi connectivity index (χ0n) is 12.7. The van der Waals surface area contributed by atoms with Gasteiger partial charge in [0.25, 0.3) is 0 Å². The molecule has 0 N–H and O–H groups in total. The van der Waals surface area contributed by atoms with E-state index in [0.29, 0.717) is 18.2 Å². The molecule has 4 nitrogen and oxygen atoms in total. The lowest BCUT2D eigenvalue weighted by Crippen LogP contribution is -2.07. The predicted molar refractivity (Wildman–Crippen MR) is 78.9 cm³/mol. The van der Waals surface area contributed by atoms with Crippen molar-refractivity contribution in [1.82, 2.24) is 0 Å². The average Bonchev–Trinajstić information content (AvgIpc) is 2.54. The molecule has 2 aromatic rings. The van der Waals surface area contributed by atoms with Gasteiger partial charge in [0, 0.05) is 18.6 Å². The maximum Gasteiger partial charge on any atom is 0.335 e. The molecule has 25 heavy (non-hydrogen) atoms. The standard InChI is InChI=1S/C17H10F4O4/c1-3-14(23)25-17-11(18)6-9(7-12(17)19)10-4-5-13(24-8(2)22)16(21)15(10)20/h3-7H,1H2,2H3. The van der Waals surface area contributed by atoms with E-state index in [4.69, 9.17) is 0 Å². The van der Waals surface area contributed by atoms with E-state index >= 15 is 0 Å². The lowest BCUT2D eigenvalue weighted by Gasteiger charge is -2.10. The molecule has 0 unspecified atom stereocenters. The fourth-order valence-electron chi connectivity index (χ4n) is 1.94. The number of carbonyl (C=O) groups is 2. The van der Waals surface area contributed by atoms with Crippen LogP contribution in [0.4, 0.5) is 17.6 Å². The zero-order valence-corrected chi connectivity index (χ0v) is 12.7. The Morgan fingerprint density at radius 2 is 1.60 bits per heavy atom. The van der Waals surface area contributed by atoms with Crippen molar-refractivity contribution in [3.63, 3.8) is 0 Å². The summed E-state index contributed by atoms with van der Waals surface area (Å²) in [4.78, 5) is 21.9. The predicted octanol–water partition coefficient (Wildman–Crippen LogP) is 3.93. The molecule has 0 aromatic heterocycles. The molecule has 0 spiro atoms. The van der Waals surface area contributed by atoms with Crippen molar-refractivity contribution in [3.05, 3.63) is 60.2 Å². The highest BCUT2D eigenvalue weighted by atomic mass is 19.2. The largest absolute Gasteiger partial charge is 0.423 e. The van der Waals surface area contributed by atoms with Gasteiger partial charge in [0.2, 0.25) is 11.6 Å². The molecule has 130 valence electrons. The van der Waals surface area contributed by atoms with E-state index in [-0.39, 0.29) is 5.56 Å². The molecule has 0 aliphatic rings. The molecule has 0 radical (unpaired) electrons. The van der Waals surface area contributed by atoms with Crippen LogP contribution in [0.5, 0.6) is 11.5 Å². The van der Waals surface area contributed by atoms with Crippen molar-refractivity contribution >= 4 is 11.9 Å². The monoisotopic (exact) mass is 354 g/mol. The van der Waals surface area contributed by atoms with E-state index in [1.54, 1.807) is 0 Å². The Morgan fingerprint density at radius 3 is 2.12 bits per heavy atom. The van der Waals surface area contributed by atoms with Crippen LogP contribution in [0.1, 0.15) is 6.92 Å². The number of halogens is 4. The third-order valence-electron chi connectivity index (χ3n) is 2.98. The second-order valence-electron chi connectivity index (χ2n) is 4.73. The van der Waals surface area contributed by atoms with E-state index in [1.165, 1.54) is 0 Å². The molecule has 0 saturated carbocycles. The number of ether oxygens (including phenoxy) is 2. The maximum absolute atomic E-state index is 14.1. The second kappa shape index (κ2) is 7.16. The molecule has 0 aliphatic heterocycles. The van der Waals surface area contributed by atoms with Crippen molar-refractivity contribution in [2.75, 3.05) is 0 Å². The lowest BCUT2D eigenvalue weighted by atomic mass is 10.0. The van der Waals surface area contributed by atoms with E-state index < -0.39 is 52.3 Å². The van der Waals surface area contributed by atoms with E-state index in [2.05, 4.69) is 16.1 Å². The minimum absolute atomic E-state index is 0.348. The molecule has 2 rings (SSSR count). The van der Waals surface area contributed by atoms with Crippen LogP contribution in [0.2, 0.25) is 0 Å². The van der Waals surface area contributed by atoms with Crippen LogP contribution in [0, 0.1) is 23.3 Å². The average molecular weight is 354 g/mol. The quantitative estimate of drug-likeness (QED) is 0.361. The van der Waals surface area contributed by atoms with Gasteiger partial charge in [-0.15, -0.1) is 0 Å². The van der Waals surface area contributed by atoms with Crippen LogP contribution in [-0.4, -0.2) is 11.9 Å². The molecule has 0 amide bonds. The normalized spacial score (nSPS) is 10.3. The number of carbonyl (C=O) groups excluding carboxylic acids is 2. The van der Waals surface area contributed by atoms with Gasteiger partial charge in [-0.3, -0.25) is 4.79 Å². The van der Waals surface area contributed by atoms with Crippen LogP contribution < -0.4 is 9.47 Å². The summed E-state index contributed by atoms with van der Waals surface area (Å²) in [6.07, 6.45) is 0.704. The summed E-state index contributed by atoms with van der Waals surface area (Å²) >= 11 is 0. The zero-order chi connectivity index (χ0) is 18.7. The van der Waals surface area contributed by atoms with E-state index in [1.807, 2.05) is 0 Å². The molecule has 0 aliphatic carbocycles. The summed E-state index contributed by atoms with van der Waals surface area (Å²) < 4.78 is 64.8. The molecular weight excluding hydrogens is 344 g/mol. The van der Waals surface area contributed by atoms with Crippen LogP contribution >= 0.6 is 0 Å². The van der Waals surface area contributed by atoms with Crippen molar-refractivity contribution in [3.8, 4) is 22.6 Å². The topological polar surface area (TPSA) is 52.6 Å². The van der Waals surface area contributed by atoms with Gasteiger partial charge >= 0.3 is 11.9 Å². The Hall–Kier alpha value is -3.16. The molecule has 2 aromatic carbocycles. The summed E-state index contributed by atoms with van der Waals surface area (Å²) in [7, 11) is 0. The van der Waals surface area contributed by atoms with Crippen LogP contribution in [0.3, 0.4) is 0 Å². The minimum atomic E-state index is -1.49. The van der Waals surface area contributed by atoms with Crippen molar-refractivity contribution in [2.24, 2.45) is 0 Å². The van der Waals surface area contributed by atoms with Crippen molar-refractivity contribution in [2.45, 2.75) is 6.92 Å². The summed E-state index contributed by atoms with van der Waals surface area (Å²) in [5, 5.41) is 0. The van der Waals surface area contributed by atoms with Gasteiger partial charge in [0.05, 0.1) is 0 Å². The highest BCUT2D eigenvalue weighted by Gasteiger charge is 2.21. The van der Waals surface area contributed by atoms with E-state index in [9.17, 15) is 27.2 Å². The van der Waals surface area contributed by atoms with E-state index in [0.717, 1.165) is 19.1 Å². The minimum Gasteiger partial charge on any atom is -0.423 e. The summed E-state index contributed by atoms with van der Waals surface area (Å²) in [5.74, 6) is -9.16. The van der Waals surface area contributed by atoms with Crippen LogP contribution in [0.15, 0.2) is 36.9 Å². The highest BCUT2D eigenvalue weighted by Crippen LogP contribution is 2.33. The van der Waals surface area contributed by atoms with Crippen molar-refractivity contribution in [1.29, 1.82) is 0 Å². The van der Waals surface area contributed by atoms with Gasteiger partial charge in [-0.1, -0.05) is 6.58 Å². The lowest BCUT2D eigenvalue weighted by molar-refractivity contribution is -0.132. The third kappa shape index (κ3) is 3.85. The first kappa shape index (κ1) is 18.2. The fourth-order valence-corrected chi connectivity index (χ4v) is 1.94. The summed E-state index contributed by atoms with van der Waals surface area (Å²) in [6, 6.07) is 3.26. The molecule has 0 atom stereocenters. The van der Waals surface area contributed by atoms with Gasteiger partial charge < -0.3 is 9.47 Å². The number of hydrogen-bond donors (Lipinski definition) is 0. The smallest absolute Gasteiger partial charge is 0.335 e. The molecule has 0 fully saturated rings. The van der Waals surface area contributed by atoms with Crippen LogP contribution in [-0.2, 0) is 9.59 Å². The fraction of sp³-hybridized carbons (Fsp3) is 0.0588. The number of hydrogen-bond acceptors (Lipinski definition) is 4. The van der Waals surface area contributed by atoms with Gasteiger partial charge in [-0.05, 0) is 29.8 Å². The first-order valence-electron chi connectivity index (χ1n) is 6.74. The first-order chi connectivity index (χ1) is 11.7. The molecule has 0 saturated heterocycles.